The number of aryl methyl sites for hydroxylation is 1. The molecule has 0 aliphatic rings. The van der Waals surface area contributed by atoms with Gasteiger partial charge in [-0.25, -0.2) is 9.07 Å². The molecule has 0 bridgehead atoms. The van der Waals surface area contributed by atoms with Gasteiger partial charge in [-0.3, -0.25) is 9.59 Å². The second-order valence-electron chi connectivity index (χ2n) is 9.88. The zero-order chi connectivity index (χ0) is 26.7. The molecule has 0 saturated heterocycles. The molecule has 4 rings (SSSR count). The van der Waals surface area contributed by atoms with E-state index in [0.717, 1.165) is 16.3 Å². The van der Waals surface area contributed by atoms with E-state index in [4.69, 9.17) is 4.74 Å². The number of aliphatic hydroxyl groups excluding tert-OH is 1. The van der Waals surface area contributed by atoms with Gasteiger partial charge in [0.05, 0.1) is 17.4 Å². The summed E-state index contributed by atoms with van der Waals surface area (Å²) in [5.74, 6) is -2.93. The summed E-state index contributed by atoms with van der Waals surface area (Å²) >= 11 is 0. The van der Waals surface area contributed by atoms with Crippen molar-refractivity contribution >= 4 is 16.9 Å². The summed E-state index contributed by atoms with van der Waals surface area (Å²) in [6, 6.07) is 17.8. The first-order chi connectivity index (χ1) is 17.5. The standard InChI is InChI=1S/C28H28FN3O5/c1-28(2,3)18-9-11-19(12-10-18)37-24-13-8-17(16-22(24)29)25(33)21(27(35)36)14-15-32-26(34)20-6-4-5-7-23(20)30-31-32/h4-13,16,21,25,33H,14-15H2,1-3H3,(H,35,36)/t21-,25+/m0/s1. The number of aliphatic hydroxyl groups is 1. The summed E-state index contributed by atoms with van der Waals surface area (Å²) in [6.45, 7) is 6.18. The predicted octanol–water partition coefficient (Wildman–Crippen LogP) is 4.84. The first kappa shape index (κ1) is 26.0. The van der Waals surface area contributed by atoms with Crippen molar-refractivity contribution in [3.8, 4) is 11.5 Å². The van der Waals surface area contributed by atoms with Crippen LogP contribution >= 0.6 is 0 Å². The van der Waals surface area contributed by atoms with Crippen molar-refractivity contribution in [2.45, 2.75) is 45.3 Å². The van der Waals surface area contributed by atoms with Crippen LogP contribution in [0.4, 0.5) is 4.39 Å². The number of carboxylic acid groups (broad SMARTS) is 1. The quantitative estimate of drug-likeness (QED) is 0.352. The molecule has 0 spiro atoms. The van der Waals surface area contributed by atoms with Gasteiger partial charge >= 0.3 is 5.97 Å². The number of ether oxygens (including phenoxy) is 1. The Morgan fingerprint density at radius 1 is 1.08 bits per heavy atom. The number of carbonyl (C=O) groups is 1. The van der Waals surface area contributed by atoms with Gasteiger partial charge in [0.1, 0.15) is 11.3 Å². The Morgan fingerprint density at radius 3 is 2.43 bits per heavy atom. The highest BCUT2D eigenvalue weighted by molar-refractivity contribution is 5.76. The third kappa shape index (κ3) is 5.83. The number of rotatable bonds is 8. The van der Waals surface area contributed by atoms with Crippen molar-refractivity contribution in [2.24, 2.45) is 5.92 Å². The molecule has 0 aliphatic carbocycles. The van der Waals surface area contributed by atoms with Crippen LogP contribution in [-0.4, -0.2) is 31.2 Å². The largest absolute Gasteiger partial charge is 0.481 e. The van der Waals surface area contributed by atoms with Crippen LogP contribution < -0.4 is 10.3 Å². The highest BCUT2D eigenvalue weighted by atomic mass is 19.1. The normalized spacial score (nSPS) is 13.3. The van der Waals surface area contributed by atoms with Crippen LogP contribution in [-0.2, 0) is 16.8 Å². The van der Waals surface area contributed by atoms with Gasteiger partial charge in [-0.2, -0.15) is 0 Å². The first-order valence-electron chi connectivity index (χ1n) is 11.9. The number of benzene rings is 3. The molecule has 37 heavy (non-hydrogen) atoms. The van der Waals surface area contributed by atoms with Crippen LogP contribution in [0.1, 0.15) is 44.4 Å². The molecule has 3 aromatic carbocycles. The number of fused-ring (bicyclic) bond motifs is 1. The Labute approximate surface area is 213 Å². The van der Waals surface area contributed by atoms with Gasteiger partial charge in [-0.05, 0) is 59.4 Å². The lowest BCUT2D eigenvalue weighted by Gasteiger charge is -2.20. The number of hydrogen-bond acceptors (Lipinski definition) is 6. The maximum absolute atomic E-state index is 14.8. The molecule has 0 amide bonds. The molecular formula is C28H28FN3O5. The number of halogens is 1. The van der Waals surface area contributed by atoms with Crippen molar-refractivity contribution < 1.29 is 24.1 Å². The minimum absolute atomic E-state index is 0.0309. The van der Waals surface area contributed by atoms with Crippen molar-refractivity contribution in [2.75, 3.05) is 0 Å². The highest BCUT2D eigenvalue weighted by Crippen LogP contribution is 2.32. The summed E-state index contributed by atoms with van der Waals surface area (Å²) in [5, 5.41) is 28.7. The molecule has 2 N–H and O–H groups in total. The average Bonchev–Trinajstić information content (AvgIpc) is 2.86. The second-order valence-corrected chi connectivity index (χ2v) is 9.88. The Morgan fingerprint density at radius 2 is 1.78 bits per heavy atom. The summed E-state index contributed by atoms with van der Waals surface area (Å²) in [7, 11) is 0. The number of carboxylic acids is 1. The van der Waals surface area contributed by atoms with E-state index in [1.807, 2.05) is 12.1 Å². The topological polar surface area (TPSA) is 115 Å². The van der Waals surface area contributed by atoms with Crippen LogP contribution in [0.15, 0.2) is 71.5 Å². The molecular weight excluding hydrogens is 477 g/mol. The van der Waals surface area contributed by atoms with Crippen molar-refractivity contribution in [3.05, 3.63) is 94.0 Å². The fraction of sp³-hybridized carbons (Fsp3) is 0.286. The third-order valence-corrected chi connectivity index (χ3v) is 6.23. The fourth-order valence-electron chi connectivity index (χ4n) is 4.01. The first-order valence-corrected chi connectivity index (χ1v) is 11.9. The number of nitrogens with zero attached hydrogens (tertiary/aromatic N) is 3. The number of aliphatic carboxylic acids is 1. The second kappa shape index (κ2) is 10.5. The molecule has 4 aromatic rings. The van der Waals surface area contributed by atoms with E-state index in [1.165, 1.54) is 12.1 Å². The maximum Gasteiger partial charge on any atom is 0.309 e. The summed E-state index contributed by atoms with van der Waals surface area (Å²) in [6.07, 6.45) is -1.64. The molecule has 0 saturated carbocycles. The maximum atomic E-state index is 14.8. The van der Waals surface area contributed by atoms with Crippen molar-refractivity contribution in [3.63, 3.8) is 0 Å². The SMILES string of the molecule is CC(C)(C)c1ccc(Oc2ccc([C@@H](O)[C@H](CCn3nnc4ccccc4c3=O)C(=O)O)cc2F)cc1. The predicted molar refractivity (Wildman–Crippen MR) is 136 cm³/mol. The summed E-state index contributed by atoms with van der Waals surface area (Å²) in [4.78, 5) is 24.6. The third-order valence-electron chi connectivity index (χ3n) is 6.23. The summed E-state index contributed by atoms with van der Waals surface area (Å²) < 4.78 is 21.5. The van der Waals surface area contributed by atoms with Crippen LogP contribution in [0.3, 0.4) is 0 Å². The molecule has 192 valence electrons. The lowest BCUT2D eigenvalue weighted by Crippen LogP contribution is -2.29. The van der Waals surface area contributed by atoms with Gasteiger partial charge < -0.3 is 14.9 Å². The minimum atomic E-state index is -1.52. The molecule has 2 atom stereocenters. The Kier molecular flexibility index (Phi) is 7.35. The Bertz CT molecular complexity index is 1480. The zero-order valence-electron chi connectivity index (χ0n) is 20.8. The van der Waals surface area contributed by atoms with E-state index >= 15 is 0 Å². The van der Waals surface area contributed by atoms with Crippen molar-refractivity contribution in [1.29, 1.82) is 0 Å². The molecule has 1 aromatic heterocycles. The highest BCUT2D eigenvalue weighted by Gasteiger charge is 2.29. The van der Waals surface area contributed by atoms with E-state index in [-0.39, 0.29) is 29.7 Å². The van der Waals surface area contributed by atoms with E-state index in [1.54, 1.807) is 36.4 Å². The van der Waals surface area contributed by atoms with E-state index in [9.17, 15) is 24.2 Å². The average molecular weight is 506 g/mol. The molecule has 0 fully saturated rings. The van der Waals surface area contributed by atoms with Crippen LogP contribution in [0.2, 0.25) is 0 Å². The van der Waals surface area contributed by atoms with Gasteiger partial charge in [0.25, 0.3) is 5.56 Å². The number of aromatic nitrogens is 3. The van der Waals surface area contributed by atoms with E-state index in [0.29, 0.717) is 16.7 Å². The van der Waals surface area contributed by atoms with Gasteiger partial charge in [0.15, 0.2) is 11.6 Å². The molecule has 0 aliphatic heterocycles. The molecule has 8 nitrogen and oxygen atoms in total. The monoisotopic (exact) mass is 505 g/mol. The molecule has 0 radical (unpaired) electrons. The number of hydrogen-bond donors (Lipinski definition) is 2. The lowest BCUT2D eigenvalue weighted by molar-refractivity contribution is -0.146. The van der Waals surface area contributed by atoms with Crippen LogP contribution in [0.25, 0.3) is 10.9 Å². The van der Waals surface area contributed by atoms with E-state index < -0.39 is 29.4 Å². The molecule has 9 heteroatoms. The molecule has 1 heterocycles. The molecule has 0 unspecified atom stereocenters. The van der Waals surface area contributed by atoms with Gasteiger partial charge in [-0.15, -0.1) is 5.10 Å². The van der Waals surface area contributed by atoms with Gasteiger partial charge in [0.2, 0.25) is 0 Å². The van der Waals surface area contributed by atoms with Gasteiger partial charge in [-0.1, -0.05) is 56.3 Å². The van der Waals surface area contributed by atoms with Crippen LogP contribution in [0, 0.1) is 11.7 Å². The van der Waals surface area contributed by atoms with Crippen molar-refractivity contribution in [1.82, 2.24) is 15.0 Å². The minimum Gasteiger partial charge on any atom is -0.481 e. The van der Waals surface area contributed by atoms with E-state index in [2.05, 4.69) is 31.1 Å². The Hall–Kier alpha value is -4.11. The summed E-state index contributed by atoms with van der Waals surface area (Å²) in [5.41, 5.74) is 1.18. The zero-order valence-corrected chi connectivity index (χ0v) is 20.8. The smallest absolute Gasteiger partial charge is 0.309 e. The van der Waals surface area contributed by atoms with Gasteiger partial charge in [0, 0.05) is 6.54 Å². The Balaban J connectivity index is 1.48. The fourth-order valence-corrected chi connectivity index (χ4v) is 4.01. The lowest BCUT2D eigenvalue weighted by atomic mass is 9.87. The van der Waals surface area contributed by atoms with Crippen LogP contribution in [0.5, 0.6) is 11.5 Å².